The third-order valence-corrected chi connectivity index (χ3v) is 4.69. The largest absolute Gasteiger partial charge is 0.452 e. The van der Waals surface area contributed by atoms with Gasteiger partial charge >= 0.3 is 5.97 Å². The number of aromatic nitrogens is 1. The number of carbonyl (C=O) groups excluding carboxylic acids is 2. The maximum Gasteiger partial charge on any atom is 0.340 e. The second kappa shape index (κ2) is 8.35. The number of anilines is 1. The lowest BCUT2D eigenvalue weighted by Gasteiger charge is -2.11. The molecule has 144 valence electrons. The zero-order valence-corrected chi connectivity index (χ0v) is 15.6. The van der Waals surface area contributed by atoms with Gasteiger partial charge in [-0.2, -0.15) is 5.26 Å². The van der Waals surface area contributed by atoms with Crippen molar-refractivity contribution in [1.29, 1.82) is 5.26 Å². The van der Waals surface area contributed by atoms with E-state index < -0.39 is 30.1 Å². The smallest absolute Gasteiger partial charge is 0.340 e. The van der Waals surface area contributed by atoms with Crippen molar-refractivity contribution in [3.05, 3.63) is 52.7 Å². The number of nitrogens with zero attached hydrogens (tertiary/aromatic N) is 2. The monoisotopic (exact) mass is 403 g/mol. The Balaban J connectivity index is 1.71. The summed E-state index contributed by atoms with van der Waals surface area (Å²) in [5.74, 6) is -3.04. The first-order valence-corrected chi connectivity index (χ1v) is 9.56. The Morgan fingerprint density at radius 1 is 1.29 bits per heavy atom. The van der Waals surface area contributed by atoms with E-state index in [9.17, 15) is 23.6 Å². The Kier molecular flexibility index (Phi) is 5.90. The van der Waals surface area contributed by atoms with Gasteiger partial charge in [-0.3, -0.25) is 4.79 Å². The molecule has 1 heterocycles. The maximum absolute atomic E-state index is 13.2. The minimum atomic E-state index is -0.847. The summed E-state index contributed by atoms with van der Waals surface area (Å²) in [6.45, 7) is -0.669. The molecule has 0 saturated heterocycles. The molecule has 1 aliphatic carbocycles. The van der Waals surface area contributed by atoms with E-state index in [1.54, 1.807) is 6.26 Å². The van der Waals surface area contributed by atoms with Crippen LogP contribution in [0.4, 0.5) is 14.5 Å². The lowest BCUT2D eigenvalue weighted by atomic mass is 10.1. The van der Waals surface area contributed by atoms with Crippen molar-refractivity contribution >= 4 is 29.3 Å². The predicted octanol–water partition coefficient (Wildman–Crippen LogP) is 3.63. The van der Waals surface area contributed by atoms with Gasteiger partial charge in [-0.1, -0.05) is 0 Å². The molecule has 3 rings (SSSR count). The fraction of sp³-hybridized carbons (Fsp3) is 0.263. The molecule has 0 aliphatic heterocycles. The molecule has 1 aliphatic rings. The van der Waals surface area contributed by atoms with E-state index >= 15 is 0 Å². The fourth-order valence-corrected chi connectivity index (χ4v) is 3.13. The molecule has 1 amide bonds. The van der Waals surface area contributed by atoms with Crippen molar-refractivity contribution in [3.63, 3.8) is 0 Å². The topological polar surface area (TPSA) is 92.1 Å². The number of rotatable bonds is 6. The number of esters is 1. The van der Waals surface area contributed by atoms with Crippen LogP contribution in [0.5, 0.6) is 0 Å². The number of hydrogen-bond acceptors (Lipinski definition) is 6. The highest BCUT2D eigenvalue weighted by Gasteiger charge is 2.29. The molecule has 0 unspecified atom stereocenters. The second-order valence-corrected chi connectivity index (χ2v) is 6.94. The van der Waals surface area contributed by atoms with Crippen LogP contribution in [0, 0.1) is 23.0 Å². The minimum Gasteiger partial charge on any atom is -0.452 e. The Bertz CT molecular complexity index is 967. The molecule has 28 heavy (non-hydrogen) atoms. The van der Waals surface area contributed by atoms with Gasteiger partial charge in [0.05, 0.1) is 11.1 Å². The average molecular weight is 403 g/mol. The van der Waals surface area contributed by atoms with E-state index in [1.807, 2.05) is 6.07 Å². The van der Waals surface area contributed by atoms with E-state index in [0.29, 0.717) is 11.1 Å². The fourth-order valence-electron chi connectivity index (χ4n) is 2.58. The molecular weight excluding hydrogens is 388 g/mol. The summed E-state index contributed by atoms with van der Waals surface area (Å²) >= 11 is 1.25. The third-order valence-electron chi connectivity index (χ3n) is 4.01. The Morgan fingerprint density at radius 3 is 2.54 bits per heavy atom. The van der Waals surface area contributed by atoms with E-state index in [-0.39, 0.29) is 22.7 Å². The zero-order chi connectivity index (χ0) is 20.3. The van der Waals surface area contributed by atoms with Crippen molar-refractivity contribution in [3.8, 4) is 6.07 Å². The molecule has 0 radical (unpaired) electrons. The van der Waals surface area contributed by atoms with Gasteiger partial charge < -0.3 is 10.1 Å². The summed E-state index contributed by atoms with van der Waals surface area (Å²) in [6.07, 6.45) is 3.68. The molecule has 0 bridgehead atoms. The van der Waals surface area contributed by atoms with Gasteiger partial charge in [0.15, 0.2) is 6.61 Å². The summed E-state index contributed by atoms with van der Waals surface area (Å²) in [5.41, 5.74) is 0.763. The van der Waals surface area contributed by atoms with Gasteiger partial charge in [0.2, 0.25) is 0 Å². The summed E-state index contributed by atoms with van der Waals surface area (Å²) in [4.78, 5) is 28.8. The standard InChI is InChI=1S/C19H15F2N3O3S/c1-28-18-15(8-22)14(7-16(24-18)10-2-3-10)19(26)27-9-17(25)23-13-5-11(20)4-12(21)6-13/h4-7,10H,2-3,9H2,1H3,(H,23,25). The summed E-state index contributed by atoms with van der Waals surface area (Å²) in [5, 5.41) is 12.1. The highest BCUT2D eigenvalue weighted by atomic mass is 32.2. The van der Waals surface area contributed by atoms with Crippen LogP contribution in [0.2, 0.25) is 0 Å². The first kappa shape index (κ1) is 19.8. The van der Waals surface area contributed by atoms with Crippen molar-refractivity contribution in [2.75, 3.05) is 18.2 Å². The summed E-state index contributed by atoms with van der Waals surface area (Å²) in [6, 6.07) is 6.02. The van der Waals surface area contributed by atoms with Crippen molar-refractivity contribution in [1.82, 2.24) is 4.98 Å². The van der Waals surface area contributed by atoms with Crippen LogP contribution < -0.4 is 5.32 Å². The molecular formula is C19H15F2N3O3S. The molecule has 0 atom stereocenters. The van der Waals surface area contributed by atoms with Crippen LogP contribution in [-0.2, 0) is 9.53 Å². The van der Waals surface area contributed by atoms with Gasteiger partial charge in [0.1, 0.15) is 22.7 Å². The van der Waals surface area contributed by atoms with Crippen molar-refractivity contribution < 1.29 is 23.1 Å². The van der Waals surface area contributed by atoms with Crippen LogP contribution in [0.3, 0.4) is 0 Å². The molecule has 6 nitrogen and oxygen atoms in total. The summed E-state index contributed by atoms with van der Waals surface area (Å²) < 4.78 is 31.3. The van der Waals surface area contributed by atoms with Crippen molar-refractivity contribution in [2.45, 2.75) is 23.8 Å². The Labute approximate surface area is 163 Å². The number of carbonyl (C=O) groups is 2. The summed E-state index contributed by atoms with van der Waals surface area (Å²) in [7, 11) is 0. The van der Waals surface area contributed by atoms with Crippen molar-refractivity contribution in [2.24, 2.45) is 0 Å². The van der Waals surface area contributed by atoms with Crippen LogP contribution in [0.15, 0.2) is 29.3 Å². The van der Waals surface area contributed by atoms with Gasteiger partial charge in [-0.15, -0.1) is 11.8 Å². The first-order valence-electron chi connectivity index (χ1n) is 8.33. The number of hydrogen-bond donors (Lipinski definition) is 1. The number of pyridine rings is 1. The molecule has 9 heteroatoms. The lowest BCUT2D eigenvalue weighted by molar-refractivity contribution is -0.119. The van der Waals surface area contributed by atoms with E-state index in [2.05, 4.69) is 10.3 Å². The third kappa shape index (κ3) is 4.64. The average Bonchev–Trinajstić information content (AvgIpc) is 3.49. The van der Waals surface area contributed by atoms with E-state index in [1.165, 1.54) is 17.8 Å². The van der Waals surface area contributed by atoms with Gasteiger partial charge in [-0.05, 0) is 37.3 Å². The van der Waals surface area contributed by atoms with E-state index in [0.717, 1.165) is 30.7 Å². The van der Waals surface area contributed by atoms with Gasteiger partial charge in [-0.25, -0.2) is 18.6 Å². The first-order chi connectivity index (χ1) is 13.4. The SMILES string of the molecule is CSc1nc(C2CC2)cc(C(=O)OCC(=O)Nc2cc(F)cc(F)c2)c1C#N. The highest BCUT2D eigenvalue weighted by molar-refractivity contribution is 7.98. The van der Waals surface area contributed by atoms with Crippen LogP contribution in [0.25, 0.3) is 0 Å². The molecule has 0 spiro atoms. The quantitative estimate of drug-likeness (QED) is 0.585. The van der Waals surface area contributed by atoms with Crippen LogP contribution >= 0.6 is 11.8 Å². The molecule has 1 aromatic carbocycles. The van der Waals surface area contributed by atoms with Crippen LogP contribution in [-0.4, -0.2) is 29.7 Å². The molecule has 1 aromatic heterocycles. The maximum atomic E-state index is 13.2. The number of benzene rings is 1. The number of ether oxygens (including phenoxy) is 1. The molecule has 1 N–H and O–H groups in total. The molecule has 1 saturated carbocycles. The number of nitriles is 1. The number of thioether (sulfide) groups is 1. The second-order valence-electron chi connectivity index (χ2n) is 6.15. The van der Waals surface area contributed by atoms with E-state index in [4.69, 9.17) is 4.74 Å². The van der Waals surface area contributed by atoms with Gasteiger partial charge in [0, 0.05) is 23.4 Å². The minimum absolute atomic E-state index is 0.0494. The lowest BCUT2D eigenvalue weighted by Crippen LogP contribution is -2.21. The number of amides is 1. The Morgan fingerprint density at radius 2 is 1.96 bits per heavy atom. The van der Waals surface area contributed by atoms with Gasteiger partial charge in [0.25, 0.3) is 5.91 Å². The zero-order valence-electron chi connectivity index (χ0n) is 14.8. The Hall–Kier alpha value is -2.99. The molecule has 2 aromatic rings. The van der Waals surface area contributed by atoms with Crippen LogP contribution in [0.1, 0.15) is 40.4 Å². The highest BCUT2D eigenvalue weighted by Crippen LogP contribution is 2.40. The normalized spacial score (nSPS) is 12.9. The molecule has 1 fully saturated rings. The number of halogens is 2. The number of nitrogens with one attached hydrogen (secondary N) is 1. The predicted molar refractivity (Wildman–Crippen MR) is 98.0 cm³/mol.